The number of halogens is 1. The molecule has 1 unspecified atom stereocenters. The van der Waals surface area contributed by atoms with Gasteiger partial charge in [-0.15, -0.1) is 24.0 Å². The number of imidazole rings is 1. The van der Waals surface area contributed by atoms with Gasteiger partial charge in [0.2, 0.25) is 0 Å². The third kappa shape index (κ3) is 5.77. The Morgan fingerprint density at radius 3 is 3.04 bits per heavy atom. The summed E-state index contributed by atoms with van der Waals surface area (Å²) in [6, 6.07) is 4.16. The van der Waals surface area contributed by atoms with Gasteiger partial charge in [0, 0.05) is 37.2 Å². The second-order valence-corrected chi connectivity index (χ2v) is 7.59. The molecule has 2 aromatic rings. The van der Waals surface area contributed by atoms with E-state index < -0.39 is 0 Å². The van der Waals surface area contributed by atoms with Crippen molar-refractivity contribution in [3.63, 3.8) is 0 Å². The van der Waals surface area contributed by atoms with Gasteiger partial charge in [-0.05, 0) is 44.1 Å². The second kappa shape index (κ2) is 10.3. The van der Waals surface area contributed by atoms with Gasteiger partial charge >= 0.3 is 0 Å². The summed E-state index contributed by atoms with van der Waals surface area (Å²) in [5, 5.41) is 7.46. The highest BCUT2D eigenvalue weighted by Gasteiger charge is 2.15. The third-order valence-electron chi connectivity index (χ3n) is 4.22. The van der Waals surface area contributed by atoms with Gasteiger partial charge in [0.15, 0.2) is 5.96 Å². The lowest BCUT2D eigenvalue weighted by Gasteiger charge is -2.12. The van der Waals surface area contributed by atoms with Gasteiger partial charge in [-0.1, -0.05) is 6.07 Å². The Morgan fingerprint density at radius 2 is 2.32 bits per heavy atom. The fourth-order valence-corrected chi connectivity index (χ4v) is 4.14. The van der Waals surface area contributed by atoms with Gasteiger partial charge in [-0.25, -0.2) is 4.98 Å². The van der Waals surface area contributed by atoms with Gasteiger partial charge in [-0.2, -0.15) is 11.8 Å². The van der Waals surface area contributed by atoms with Crippen LogP contribution >= 0.6 is 35.7 Å². The number of fused-ring (bicyclic) bond motifs is 1. The van der Waals surface area contributed by atoms with E-state index in [4.69, 9.17) is 9.98 Å². The predicted octanol–water partition coefficient (Wildman–Crippen LogP) is 3.25. The first-order chi connectivity index (χ1) is 11.8. The third-order valence-corrected chi connectivity index (χ3v) is 5.60. The largest absolute Gasteiger partial charge is 0.357 e. The Balaban J connectivity index is 0.00000225. The van der Waals surface area contributed by atoms with Crippen molar-refractivity contribution in [1.82, 2.24) is 20.0 Å². The molecular formula is C18H28IN5S. The molecule has 0 aromatic carbocycles. The van der Waals surface area contributed by atoms with Crippen LogP contribution in [0, 0.1) is 6.92 Å². The summed E-state index contributed by atoms with van der Waals surface area (Å²) in [7, 11) is 0. The van der Waals surface area contributed by atoms with Crippen molar-refractivity contribution in [3.05, 3.63) is 35.8 Å². The SMILES string of the molecule is CCNC(=NCC1CCCS1)NCCc1cn2cccc(C)c2n1.I. The van der Waals surface area contributed by atoms with Crippen LogP contribution in [0.3, 0.4) is 0 Å². The van der Waals surface area contributed by atoms with E-state index in [1.807, 2.05) is 0 Å². The van der Waals surface area contributed by atoms with Crippen molar-refractivity contribution < 1.29 is 0 Å². The van der Waals surface area contributed by atoms with Crippen LogP contribution in [0.2, 0.25) is 0 Å². The molecule has 1 atom stereocenters. The number of aliphatic imine (C=N–C) groups is 1. The lowest BCUT2D eigenvalue weighted by atomic mass is 10.2. The molecular weight excluding hydrogens is 445 g/mol. The topological polar surface area (TPSA) is 53.7 Å². The molecule has 7 heteroatoms. The van der Waals surface area contributed by atoms with Crippen LogP contribution in [0.4, 0.5) is 0 Å². The second-order valence-electron chi connectivity index (χ2n) is 6.19. The van der Waals surface area contributed by atoms with Crippen molar-refractivity contribution in [3.8, 4) is 0 Å². The molecule has 0 saturated carbocycles. The fraction of sp³-hybridized carbons (Fsp3) is 0.556. The highest BCUT2D eigenvalue weighted by atomic mass is 127. The van der Waals surface area contributed by atoms with Crippen molar-refractivity contribution in [2.45, 2.75) is 38.4 Å². The zero-order valence-electron chi connectivity index (χ0n) is 15.0. The number of rotatable bonds is 6. The summed E-state index contributed by atoms with van der Waals surface area (Å²) in [5.74, 6) is 2.21. The predicted molar refractivity (Wildman–Crippen MR) is 119 cm³/mol. The van der Waals surface area contributed by atoms with Crippen molar-refractivity contribution in [2.24, 2.45) is 4.99 Å². The first-order valence-corrected chi connectivity index (χ1v) is 9.88. The number of hydrogen-bond acceptors (Lipinski definition) is 3. The number of guanidine groups is 1. The minimum absolute atomic E-state index is 0. The molecule has 3 heterocycles. The first kappa shape index (κ1) is 20.4. The summed E-state index contributed by atoms with van der Waals surface area (Å²) in [6.45, 7) is 6.84. The molecule has 1 aliphatic rings. The van der Waals surface area contributed by atoms with E-state index in [2.05, 4.69) is 65.2 Å². The zero-order chi connectivity index (χ0) is 16.8. The summed E-state index contributed by atoms with van der Waals surface area (Å²) in [6.07, 6.45) is 7.69. The highest BCUT2D eigenvalue weighted by molar-refractivity contribution is 14.0. The van der Waals surface area contributed by atoms with Gasteiger partial charge in [0.05, 0.1) is 12.2 Å². The Labute approximate surface area is 171 Å². The lowest BCUT2D eigenvalue weighted by Crippen LogP contribution is -2.38. The molecule has 0 bridgehead atoms. The summed E-state index contributed by atoms with van der Waals surface area (Å²) < 4.78 is 2.10. The van der Waals surface area contributed by atoms with Crippen LogP contribution in [0.25, 0.3) is 5.65 Å². The maximum absolute atomic E-state index is 4.73. The smallest absolute Gasteiger partial charge is 0.191 e. The molecule has 2 N–H and O–H groups in total. The van der Waals surface area contributed by atoms with Crippen LogP contribution < -0.4 is 10.6 Å². The van der Waals surface area contributed by atoms with Crippen LogP contribution in [-0.4, -0.2) is 46.0 Å². The minimum Gasteiger partial charge on any atom is -0.357 e. The van der Waals surface area contributed by atoms with Crippen LogP contribution in [0.5, 0.6) is 0 Å². The van der Waals surface area contributed by atoms with E-state index >= 15 is 0 Å². The van der Waals surface area contributed by atoms with Crippen molar-refractivity contribution >= 4 is 47.3 Å². The molecule has 2 aromatic heterocycles. The summed E-state index contributed by atoms with van der Waals surface area (Å²) in [4.78, 5) is 9.45. The maximum Gasteiger partial charge on any atom is 0.191 e. The van der Waals surface area contributed by atoms with E-state index in [0.717, 1.165) is 43.4 Å². The summed E-state index contributed by atoms with van der Waals surface area (Å²) in [5.41, 5.74) is 3.37. The Kier molecular flexibility index (Phi) is 8.35. The van der Waals surface area contributed by atoms with E-state index in [9.17, 15) is 0 Å². The Hall–Kier alpha value is -0.960. The molecule has 0 aliphatic carbocycles. The standard InChI is InChI=1S/C18H27N5S.HI/c1-3-19-18(21-12-16-7-5-11-24-16)20-9-8-15-13-23-10-4-6-14(2)17(23)22-15;/h4,6,10,13,16H,3,5,7-9,11-12H2,1-2H3,(H2,19,20,21);1H. The molecule has 138 valence electrons. The maximum atomic E-state index is 4.73. The molecule has 0 amide bonds. The number of nitrogens with zero attached hydrogens (tertiary/aromatic N) is 3. The van der Waals surface area contributed by atoms with Gasteiger partial charge in [0.1, 0.15) is 5.65 Å². The Morgan fingerprint density at radius 1 is 1.44 bits per heavy atom. The van der Waals surface area contributed by atoms with E-state index in [1.54, 1.807) is 0 Å². The number of thioether (sulfide) groups is 1. The minimum atomic E-state index is 0. The number of hydrogen-bond donors (Lipinski definition) is 2. The van der Waals surface area contributed by atoms with Crippen molar-refractivity contribution in [1.29, 1.82) is 0 Å². The van der Waals surface area contributed by atoms with Crippen LogP contribution in [0.15, 0.2) is 29.5 Å². The molecule has 0 radical (unpaired) electrons. The molecule has 3 rings (SSSR count). The molecule has 1 fully saturated rings. The van der Waals surface area contributed by atoms with E-state index in [1.165, 1.54) is 24.2 Å². The number of pyridine rings is 1. The van der Waals surface area contributed by atoms with Crippen LogP contribution in [-0.2, 0) is 6.42 Å². The summed E-state index contributed by atoms with van der Waals surface area (Å²) >= 11 is 2.05. The average Bonchev–Trinajstić information content (AvgIpc) is 3.22. The van der Waals surface area contributed by atoms with Gasteiger partial charge in [-0.3, -0.25) is 4.99 Å². The molecule has 1 saturated heterocycles. The number of nitrogens with one attached hydrogen (secondary N) is 2. The molecule has 5 nitrogen and oxygen atoms in total. The van der Waals surface area contributed by atoms with E-state index in [0.29, 0.717) is 5.25 Å². The van der Waals surface area contributed by atoms with Gasteiger partial charge in [0.25, 0.3) is 0 Å². The zero-order valence-corrected chi connectivity index (χ0v) is 18.1. The first-order valence-electron chi connectivity index (χ1n) is 8.83. The number of aromatic nitrogens is 2. The number of aryl methyl sites for hydroxylation is 1. The van der Waals surface area contributed by atoms with E-state index in [-0.39, 0.29) is 24.0 Å². The lowest BCUT2D eigenvalue weighted by molar-refractivity contribution is 0.758. The quantitative estimate of drug-likeness (QED) is 0.384. The molecule has 0 spiro atoms. The fourth-order valence-electron chi connectivity index (χ4n) is 2.96. The Bertz CT molecular complexity index is 694. The molecule has 25 heavy (non-hydrogen) atoms. The average molecular weight is 473 g/mol. The normalized spacial score (nSPS) is 17.5. The highest BCUT2D eigenvalue weighted by Crippen LogP contribution is 2.25. The monoisotopic (exact) mass is 473 g/mol. The molecule has 1 aliphatic heterocycles. The van der Waals surface area contributed by atoms with Crippen molar-refractivity contribution in [2.75, 3.05) is 25.4 Å². The van der Waals surface area contributed by atoms with Gasteiger partial charge < -0.3 is 15.0 Å². The van der Waals surface area contributed by atoms with Crippen LogP contribution in [0.1, 0.15) is 31.0 Å².